The van der Waals surface area contributed by atoms with Gasteiger partial charge in [-0.05, 0) is 29.7 Å². The summed E-state index contributed by atoms with van der Waals surface area (Å²) >= 11 is 5.52. The molecule has 7 nitrogen and oxygen atoms in total. The van der Waals surface area contributed by atoms with Crippen molar-refractivity contribution in [2.24, 2.45) is 0 Å². The van der Waals surface area contributed by atoms with Crippen molar-refractivity contribution < 1.29 is 23.9 Å². The zero-order valence-corrected chi connectivity index (χ0v) is 17.5. The lowest BCUT2D eigenvalue weighted by molar-refractivity contribution is -0.146. The van der Waals surface area contributed by atoms with Crippen LogP contribution in [0.3, 0.4) is 0 Å². The van der Waals surface area contributed by atoms with Gasteiger partial charge in [-0.1, -0.05) is 55.8 Å². The summed E-state index contributed by atoms with van der Waals surface area (Å²) in [6.45, 7) is 2.29. The number of rotatable bonds is 10. The fourth-order valence-corrected chi connectivity index (χ4v) is 2.62. The van der Waals surface area contributed by atoms with Crippen molar-refractivity contribution in [1.82, 2.24) is 5.32 Å². The number of hydrogen-bond acceptors (Lipinski definition) is 5. The van der Waals surface area contributed by atoms with Crippen molar-refractivity contribution in [3.8, 4) is 0 Å². The van der Waals surface area contributed by atoms with Gasteiger partial charge in [-0.25, -0.2) is 9.59 Å². The third kappa shape index (κ3) is 7.75. The molecule has 2 N–H and O–H groups in total. The maximum Gasteiger partial charge on any atom is 0.408 e. The Labute approximate surface area is 180 Å². The number of benzene rings is 2. The highest BCUT2D eigenvalue weighted by Crippen LogP contribution is 2.20. The van der Waals surface area contributed by atoms with E-state index in [0.29, 0.717) is 17.7 Å². The summed E-state index contributed by atoms with van der Waals surface area (Å²) in [6, 6.07) is 14.6. The lowest BCUT2D eigenvalue weighted by atomic mass is 10.1. The fourth-order valence-electron chi connectivity index (χ4n) is 2.55. The number of ether oxygens (including phenoxy) is 2. The normalized spacial score (nSPS) is 11.3. The van der Waals surface area contributed by atoms with Gasteiger partial charge in [-0.2, -0.15) is 0 Å². The van der Waals surface area contributed by atoms with Gasteiger partial charge in [0.1, 0.15) is 12.5 Å². The predicted octanol–water partition coefficient (Wildman–Crippen LogP) is 4.17. The molecule has 0 spiro atoms. The highest BCUT2D eigenvalue weighted by atomic mass is 35.5. The van der Waals surface area contributed by atoms with E-state index < -0.39 is 18.1 Å². The molecule has 0 unspecified atom stereocenters. The third-order valence-electron chi connectivity index (χ3n) is 4.08. The highest BCUT2D eigenvalue weighted by Gasteiger charge is 2.25. The van der Waals surface area contributed by atoms with E-state index in [-0.39, 0.29) is 25.0 Å². The van der Waals surface area contributed by atoms with E-state index >= 15 is 0 Å². The molecule has 2 aromatic rings. The smallest absolute Gasteiger partial charge is 0.408 e. The second-order valence-corrected chi connectivity index (χ2v) is 6.73. The van der Waals surface area contributed by atoms with E-state index in [9.17, 15) is 14.4 Å². The van der Waals surface area contributed by atoms with Gasteiger partial charge >= 0.3 is 12.1 Å². The number of amides is 2. The molecule has 0 aromatic heterocycles. The van der Waals surface area contributed by atoms with Crippen molar-refractivity contribution in [2.45, 2.75) is 32.4 Å². The van der Waals surface area contributed by atoms with Crippen molar-refractivity contribution in [2.75, 3.05) is 17.8 Å². The molecule has 8 heteroatoms. The topological polar surface area (TPSA) is 93.7 Å². The first-order chi connectivity index (χ1) is 14.5. The van der Waals surface area contributed by atoms with Crippen LogP contribution >= 0.6 is 11.6 Å². The number of halogens is 1. The summed E-state index contributed by atoms with van der Waals surface area (Å²) in [5, 5.41) is 5.16. The highest BCUT2D eigenvalue weighted by molar-refractivity contribution is 6.29. The molecule has 0 aliphatic carbocycles. The first-order valence-corrected chi connectivity index (χ1v) is 10.2. The van der Waals surface area contributed by atoms with Gasteiger partial charge in [0, 0.05) is 5.69 Å². The molecule has 1 atom stereocenters. The maximum atomic E-state index is 12.6. The molecule has 0 saturated carbocycles. The van der Waals surface area contributed by atoms with Crippen LogP contribution in [0.4, 0.5) is 10.5 Å². The Kier molecular flexibility index (Phi) is 9.67. The predicted molar refractivity (Wildman–Crippen MR) is 114 cm³/mol. The van der Waals surface area contributed by atoms with E-state index in [1.54, 1.807) is 24.3 Å². The number of alkyl halides is 1. The van der Waals surface area contributed by atoms with Crippen molar-refractivity contribution in [3.63, 3.8) is 0 Å². The van der Waals surface area contributed by atoms with Gasteiger partial charge in [-0.3, -0.25) is 4.79 Å². The van der Waals surface area contributed by atoms with Crippen LogP contribution in [-0.2, 0) is 25.7 Å². The number of esters is 1. The fraction of sp³-hybridized carbons (Fsp3) is 0.318. The number of anilines is 1. The molecule has 0 radical (unpaired) electrons. The summed E-state index contributed by atoms with van der Waals surface area (Å²) in [6.07, 6.45) is 0.819. The molecule has 2 aromatic carbocycles. The first-order valence-electron chi connectivity index (χ1n) is 9.63. The minimum atomic E-state index is -1.09. The minimum absolute atomic E-state index is 0.0656. The molecule has 0 fully saturated rings. The Morgan fingerprint density at radius 2 is 1.80 bits per heavy atom. The molecule has 2 rings (SSSR count). The number of carbonyl (C=O) groups excluding carboxylic acids is 3. The molecule has 0 aliphatic heterocycles. The summed E-state index contributed by atoms with van der Waals surface area (Å²) in [5.41, 5.74) is 1.71. The lowest BCUT2D eigenvalue weighted by Gasteiger charge is -2.19. The van der Waals surface area contributed by atoms with Crippen molar-refractivity contribution in [1.29, 1.82) is 0 Å². The van der Waals surface area contributed by atoms with Crippen LogP contribution in [0.5, 0.6) is 0 Å². The van der Waals surface area contributed by atoms with Crippen LogP contribution in [0, 0.1) is 0 Å². The van der Waals surface area contributed by atoms with Crippen molar-refractivity contribution >= 4 is 35.3 Å². The van der Waals surface area contributed by atoms with E-state index in [2.05, 4.69) is 10.6 Å². The van der Waals surface area contributed by atoms with Crippen LogP contribution in [0.15, 0.2) is 54.6 Å². The summed E-state index contributed by atoms with van der Waals surface area (Å²) < 4.78 is 10.5. The molecule has 2 amide bonds. The van der Waals surface area contributed by atoms with Crippen molar-refractivity contribution in [3.05, 3.63) is 65.7 Å². The molecular weight excluding hydrogens is 408 g/mol. The number of nitrogens with one attached hydrogen (secondary N) is 2. The van der Waals surface area contributed by atoms with Crippen LogP contribution in [-0.4, -0.2) is 30.5 Å². The monoisotopic (exact) mass is 432 g/mol. The number of unbranched alkanes of at least 4 members (excludes halogenated alkanes) is 1. The van der Waals surface area contributed by atoms with E-state index in [0.717, 1.165) is 12.0 Å². The Morgan fingerprint density at radius 1 is 1.03 bits per heavy atom. The number of carbonyl (C=O) groups is 3. The Balaban J connectivity index is 2.11. The Hall–Kier alpha value is -3.06. The van der Waals surface area contributed by atoms with Crippen LogP contribution in [0.2, 0.25) is 0 Å². The molecule has 30 heavy (non-hydrogen) atoms. The molecule has 0 aliphatic rings. The SMILES string of the molecule is CCCCOC(=O)[C@@H](NC(=O)OCc1ccccc1)c1cccc(NC(=O)CCl)c1. The Morgan fingerprint density at radius 3 is 2.50 bits per heavy atom. The van der Waals surface area contributed by atoms with Gasteiger partial charge in [0.15, 0.2) is 6.04 Å². The average Bonchev–Trinajstić information content (AvgIpc) is 2.77. The van der Waals surface area contributed by atoms with Gasteiger partial charge in [0.25, 0.3) is 0 Å². The minimum Gasteiger partial charge on any atom is -0.464 e. The van der Waals surface area contributed by atoms with E-state index in [1.807, 2.05) is 37.3 Å². The van der Waals surface area contributed by atoms with E-state index in [4.69, 9.17) is 21.1 Å². The van der Waals surface area contributed by atoms with Crippen LogP contribution in [0.25, 0.3) is 0 Å². The van der Waals surface area contributed by atoms with Gasteiger partial charge in [0.05, 0.1) is 6.61 Å². The summed E-state index contributed by atoms with van der Waals surface area (Å²) in [7, 11) is 0. The standard InChI is InChI=1S/C22H25ClN2O5/c1-2-3-12-29-21(27)20(17-10-7-11-18(13-17)24-19(26)14-23)25-22(28)30-15-16-8-5-4-6-9-16/h4-11,13,20H,2-3,12,14-15H2,1H3,(H,24,26)(H,25,28)/t20-/m0/s1. The van der Waals surface area contributed by atoms with Gasteiger partial charge in [-0.15, -0.1) is 11.6 Å². The first kappa shape index (κ1) is 23.2. The average molecular weight is 433 g/mol. The van der Waals surface area contributed by atoms with Crippen LogP contribution in [0.1, 0.15) is 36.9 Å². The third-order valence-corrected chi connectivity index (χ3v) is 4.32. The second-order valence-electron chi connectivity index (χ2n) is 6.47. The number of alkyl carbamates (subject to hydrolysis) is 1. The molecule has 0 saturated heterocycles. The van der Waals surface area contributed by atoms with Gasteiger partial charge < -0.3 is 20.1 Å². The van der Waals surface area contributed by atoms with Crippen LogP contribution < -0.4 is 10.6 Å². The molecular formula is C22H25ClN2O5. The largest absolute Gasteiger partial charge is 0.464 e. The summed E-state index contributed by atoms with van der Waals surface area (Å²) in [5.74, 6) is -1.19. The molecule has 160 valence electrons. The molecule has 0 heterocycles. The Bertz CT molecular complexity index is 844. The lowest BCUT2D eigenvalue weighted by Crippen LogP contribution is -2.35. The maximum absolute atomic E-state index is 12.6. The van der Waals surface area contributed by atoms with Gasteiger partial charge in [0.2, 0.25) is 5.91 Å². The molecule has 0 bridgehead atoms. The zero-order chi connectivity index (χ0) is 21.8. The second kappa shape index (κ2) is 12.5. The quantitative estimate of drug-likeness (QED) is 0.334. The zero-order valence-electron chi connectivity index (χ0n) is 16.7. The summed E-state index contributed by atoms with van der Waals surface area (Å²) in [4.78, 5) is 36.5. The number of hydrogen-bond donors (Lipinski definition) is 2. The van der Waals surface area contributed by atoms with E-state index in [1.165, 1.54) is 0 Å².